The van der Waals surface area contributed by atoms with Gasteiger partial charge < -0.3 is 5.73 Å². The molecule has 0 aliphatic rings. The number of halogens is 3. The van der Waals surface area contributed by atoms with Gasteiger partial charge in [-0.3, -0.25) is 4.39 Å². The van der Waals surface area contributed by atoms with E-state index in [0.717, 1.165) is 6.07 Å². The molecule has 1 rings (SSSR count). The summed E-state index contributed by atoms with van der Waals surface area (Å²) in [5.74, 6) is -1.39. The molecule has 0 aliphatic heterocycles. The second-order valence-electron chi connectivity index (χ2n) is 3.18. The van der Waals surface area contributed by atoms with E-state index in [1.54, 1.807) is 0 Å². The average molecular weight is 203 g/mol. The second-order valence-corrected chi connectivity index (χ2v) is 3.18. The van der Waals surface area contributed by atoms with Gasteiger partial charge in [0.1, 0.15) is 11.6 Å². The predicted octanol–water partition coefficient (Wildman–Crippen LogP) is 2.63. The van der Waals surface area contributed by atoms with Crippen molar-refractivity contribution >= 4 is 0 Å². The zero-order valence-electron chi connectivity index (χ0n) is 7.86. The molecule has 1 aromatic carbocycles. The molecule has 0 saturated carbocycles. The van der Waals surface area contributed by atoms with E-state index in [9.17, 15) is 13.2 Å². The summed E-state index contributed by atoms with van der Waals surface area (Å²) in [7, 11) is 0. The third-order valence-corrected chi connectivity index (χ3v) is 2.11. The van der Waals surface area contributed by atoms with Crippen molar-refractivity contribution in [2.45, 2.75) is 19.4 Å². The molecule has 0 radical (unpaired) electrons. The van der Waals surface area contributed by atoms with Crippen molar-refractivity contribution in [2.75, 3.05) is 6.67 Å². The minimum absolute atomic E-state index is 0.0721. The first kappa shape index (κ1) is 11.0. The number of alkyl halides is 1. The van der Waals surface area contributed by atoms with Crippen LogP contribution in [0.3, 0.4) is 0 Å². The van der Waals surface area contributed by atoms with Gasteiger partial charge in [-0.25, -0.2) is 8.78 Å². The maximum absolute atomic E-state index is 13.4. The summed E-state index contributed by atoms with van der Waals surface area (Å²) in [4.78, 5) is 0. The van der Waals surface area contributed by atoms with Crippen molar-refractivity contribution in [3.05, 3.63) is 34.9 Å². The minimum atomic E-state index is -0.917. The van der Waals surface area contributed by atoms with Crippen molar-refractivity contribution in [3.63, 3.8) is 0 Å². The van der Waals surface area contributed by atoms with Crippen LogP contribution >= 0.6 is 0 Å². The van der Waals surface area contributed by atoms with Crippen molar-refractivity contribution in [1.82, 2.24) is 0 Å². The first-order chi connectivity index (χ1) is 6.57. The molecule has 0 amide bonds. The zero-order chi connectivity index (χ0) is 10.7. The van der Waals surface area contributed by atoms with Crippen LogP contribution in [0.5, 0.6) is 0 Å². The van der Waals surface area contributed by atoms with Gasteiger partial charge in [0.2, 0.25) is 0 Å². The Hall–Kier alpha value is -1.03. The first-order valence-corrected chi connectivity index (χ1v) is 4.34. The summed E-state index contributed by atoms with van der Waals surface area (Å²) in [5.41, 5.74) is 5.55. The van der Waals surface area contributed by atoms with E-state index in [4.69, 9.17) is 5.73 Å². The van der Waals surface area contributed by atoms with Gasteiger partial charge in [-0.2, -0.15) is 0 Å². The van der Waals surface area contributed by atoms with E-state index in [2.05, 4.69) is 0 Å². The van der Waals surface area contributed by atoms with E-state index < -0.39 is 24.4 Å². The van der Waals surface area contributed by atoms with Gasteiger partial charge in [0.25, 0.3) is 0 Å². The largest absolute Gasteiger partial charge is 0.324 e. The predicted molar refractivity (Wildman–Crippen MR) is 48.6 cm³/mol. The van der Waals surface area contributed by atoms with Gasteiger partial charge in [-0.05, 0) is 25.0 Å². The fourth-order valence-corrected chi connectivity index (χ4v) is 1.28. The SMILES string of the molecule is Cc1ccc(F)c([C@H](N)CCF)c1F. The number of rotatable bonds is 3. The lowest BCUT2D eigenvalue weighted by molar-refractivity contribution is 0.424. The van der Waals surface area contributed by atoms with Crippen LogP contribution in [0.25, 0.3) is 0 Å². The highest BCUT2D eigenvalue weighted by molar-refractivity contribution is 5.28. The zero-order valence-corrected chi connectivity index (χ0v) is 7.86. The van der Waals surface area contributed by atoms with E-state index in [-0.39, 0.29) is 12.0 Å². The van der Waals surface area contributed by atoms with E-state index >= 15 is 0 Å². The Balaban J connectivity index is 3.11. The molecule has 14 heavy (non-hydrogen) atoms. The fourth-order valence-electron chi connectivity index (χ4n) is 1.28. The van der Waals surface area contributed by atoms with Crippen LogP contribution in [-0.4, -0.2) is 6.67 Å². The number of benzene rings is 1. The standard InChI is InChI=1S/C10H12F3N/c1-6-2-3-7(12)9(10(6)13)8(14)4-5-11/h2-3,8H,4-5,14H2,1H3/t8-/m1/s1. The Bertz CT molecular complexity index is 325. The highest BCUT2D eigenvalue weighted by Gasteiger charge is 2.17. The van der Waals surface area contributed by atoms with Crippen LogP contribution in [0, 0.1) is 18.6 Å². The molecule has 0 fully saturated rings. The highest BCUT2D eigenvalue weighted by Crippen LogP contribution is 2.23. The van der Waals surface area contributed by atoms with Gasteiger partial charge in [0.15, 0.2) is 0 Å². The molecule has 2 N–H and O–H groups in total. The third kappa shape index (κ3) is 2.07. The van der Waals surface area contributed by atoms with Gasteiger partial charge >= 0.3 is 0 Å². The lowest BCUT2D eigenvalue weighted by Crippen LogP contribution is -2.15. The molecule has 0 bridgehead atoms. The smallest absolute Gasteiger partial charge is 0.133 e. The molecule has 1 atom stereocenters. The lowest BCUT2D eigenvalue weighted by atomic mass is 10.0. The summed E-state index contributed by atoms with van der Waals surface area (Å²) >= 11 is 0. The van der Waals surface area contributed by atoms with Crippen LogP contribution in [0.2, 0.25) is 0 Å². The fraction of sp³-hybridized carbons (Fsp3) is 0.400. The summed E-state index contributed by atoms with van der Waals surface area (Å²) in [5, 5.41) is 0. The lowest BCUT2D eigenvalue weighted by Gasteiger charge is -2.13. The van der Waals surface area contributed by atoms with Crippen LogP contribution in [-0.2, 0) is 0 Å². The van der Waals surface area contributed by atoms with Crippen LogP contribution in [0.1, 0.15) is 23.6 Å². The number of hydrogen-bond acceptors (Lipinski definition) is 1. The molecule has 78 valence electrons. The second kappa shape index (κ2) is 4.46. The van der Waals surface area contributed by atoms with Crippen molar-refractivity contribution in [1.29, 1.82) is 0 Å². The molecule has 0 heterocycles. The average Bonchev–Trinajstić information content (AvgIpc) is 2.13. The van der Waals surface area contributed by atoms with Crippen LogP contribution in [0.4, 0.5) is 13.2 Å². The summed E-state index contributed by atoms with van der Waals surface area (Å²) in [6.07, 6.45) is -0.0721. The normalized spacial score (nSPS) is 12.9. The Labute approximate surface area is 80.7 Å². The van der Waals surface area contributed by atoms with Gasteiger partial charge in [0, 0.05) is 11.6 Å². The van der Waals surface area contributed by atoms with Crippen LogP contribution in [0.15, 0.2) is 12.1 Å². The van der Waals surface area contributed by atoms with Gasteiger partial charge in [-0.1, -0.05) is 6.07 Å². The Morgan fingerprint density at radius 2 is 2.00 bits per heavy atom. The summed E-state index contributed by atoms with van der Waals surface area (Å²) < 4.78 is 38.5. The molecule has 0 unspecified atom stereocenters. The third-order valence-electron chi connectivity index (χ3n) is 2.11. The molecular weight excluding hydrogens is 191 g/mol. The maximum atomic E-state index is 13.4. The first-order valence-electron chi connectivity index (χ1n) is 4.34. The van der Waals surface area contributed by atoms with E-state index in [1.807, 2.05) is 0 Å². The molecular formula is C10H12F3N. The molecule has 1 nitrogen and oxygen atoms in total. The van der Waals surface area contributed by atoms with E-state index in [1.165, 1.54) is 13.0 Å². The van der Waals surface area contributed by atoms with E-state index in [0.29, 0.717) is 5.56 Å². The number of aryl methyl sites for hydroxylation is 1. The molecule has 0 aliphatic carbocycles. The number of hydrogen-bond donors (Lipinski definition) is 1. The van der Waals surface area contributed by atoms with Crippen molar-refractivity contribution in [3.8, 4) is 0 Å². The number of nitrogens with two attached hydrogens (primary N) is 1. The maximum Gasteiger partial charge on any atom is 0.133 e. The monoisotopic (exact) mass is 203 g/mol. The highest BCUT2D eigenvalue weighted by atomic mass is 19.1. The van der Waals surface area contributed by atoms with Gasteiger partial charge in [-0.15, -0.1) is 0 Å². The quantitative estimate of drug-likeness (QED) is 0.802. The van der Waals surface area contributed by atoms with Crippen LogP contribution < -0.4 is 5.73 Å². The topological polar surface area (TPSA) is 26.0 Å². The Morgan fingerprint density at radius 1 is 1.36 bits per heavy atom. The summed E-state index contributed by atoms with van der Waals surface area (Å²) in [6, 6.07) is 1.56. The minimum Gasteiger partial charge on any atom is -0.324 e. The Morgan fingerprint density at radius 3 is 2.57 bits per heavy atom. The van der Waals surface area contributed by atoms with Crippen molar-refractivity contribution in [2.24, 2.45) is 5.73 Å². The van der Waals surface area contributed by atoms with Crippen molar-refractivity contribution < 1.29 is 13.2 Å². The molecule has 0 spiro atoms. The molecule has 1 aromatic rings. The molecule has 0 aromatic heterocycles. The Kier molecular flexibility index (Phi) is 3.52. The summed E-state index contributed by atoms with van der Waals surface area (Å²) in [6.45, 7) is 0.828. The molecule has 0 saturated heterocycles. The van der Waals surface area contributed by atoms with Gasteiger partial charge in [0.05, 0.1) is 6.67 Å². The molecule has 4 heteroatoms.